The van der Waals surface area contributed by atoms with E-state index in [4.69, 9.17) is 0 Å². The Labute approximate surface area is 153 Å². The second-order valence-corrected chi connectivity index (χ2v) is 5.24. The molecule has 0 spiro atoms. The van der Waals surface area contributed by atoms with Gasteiger partial charge < -0.3 is 10.1 Å². The number of halogens is 8. The number of hydrogen-bond donors (Lipinski definition) is 1. The predicted molar refractivity (Wildman–Crippen MR) is 85.5 cm³/mol. The first-order chi connectivity index (χ1) is 10.6. The van der Waals surface area contributed by atoms with Gasteiger partial charge in [-0.25, -0.2) is 0 Å². The molecule has 25 heavy (non-hydrogen) atoms. The van der Waals surface area contributed by atoms with Crippen molar-refractivity contribution in [3.63, 3.8) is 0 Å². The van der Waals surface area contributed by atoms with Crippen molar-refractivity contribution >= 4 is 24.8 Å². The standard InChI is InChI=1S/C14H16F6N2O.2ClH/c15-13(16,17)9-12(22-7-5-21-6-8-22)10-1-3-11(4-2-10)23-14(18,19)20;;/h1-4,12,21H,5-9H2;2*1H/t12-;;/m1../s1. The quantitative estimate of drug-likeness (QED) is 0.742. The van der Waals surface area contributed by atoms with Gasteiger partial charge in [0.1, 0.15) is 5.75 Å². The molecule has 0 saturated carbocycles. The van der Waals surface area contributed by atoms with Crippen LogP contribution in [0.2, 0.25) is 0 Å². The highest BCUT2D eigenvalue weighted by Gasteiger charge is 2.36. The van der Waals surface area contributed by atoms with Gasteiger partial charge in [-0.2, -0.15) is 13.2 Å². The zero-order chi connectivity index (χ0) is 17.1. The Morgan fingerprint density at radius 1 is 0.960 bits per heavy atom. The van der Waals surface area contributed by atoms with Crippen molar-refractivity contribution in [2.75, 3.05) is 26.2 Å². The summed E-state index contributed by atoms with van der Waals surface area (Å²) in [5, 5.41) is 3.05. The van der Waals surface area contributed by atoms with E-state index in [1.807, 2.05) is 0 Å². The van der Waals surface area contributed by atoms with E-state index in [2.05, 4.69) is 10.1 Å². The molecule has 1 N–H and O–H groups in total. The zero-order valence-electron chi connectivity index (χ0n) is 12.9. The largest absolute Gasteiger partial charge is 0.573 e. The van der Waals surface area contributed by atoms with Crippen LogP contribution in [0.5, 0.6) is 5.75 Å². The molecule has 1 heterocycles. The van der Waals surface area contributed by atoms with E-state index in [0.717, 1.165) is 12.1 Å². The third kappa shape index (κ3) is 8.35. The van der Waals surface area contributed by atoms with E-state index in [1.54, 1.807) is 4.90 Å². The molecule has 0 bridgehead atoms. The predicted octanol–water partition coefficient (Wildman–Crippen LogP) is 4.33. The molecule has 146 valence electrons. The molecule has 0 aliphatic carbocycles. The number of ether oxygens (including phenoxy) is 1. The summed E-state index contributed by atoms with van der Waals surface area (Å²) in [5.74, 6) is -0.452. The highest BCUT2D eigenvalue weighted by atomic mass is 35.5. The van der Waals surface area contributed by atoms with Crippen LogP contribution in [-0.4, -0.2) is 43.6 Å². The molecular weight excluding hydrogens is 397 g/mol. The van der Waals surface area contributed by atoms with Crippen molar-refractivity contribution in [3.8, 4) is 5.75 Å². The van der Waals surface area contributed by atoms with Crippen molar-refractivity contribution in [3.05, 3.63) is 29.8 Å². The van der Waals surface area contributed by atoms with E-state index in [0.29, 0.717) is 31.7 Å². The first-order valence-electron chi connectivity index (χ1n) is 7.01. The lowest BCUT2D eigenvalue weighted by Crippen LogP contribution is -2.46. The smallest absolute Gasteiger partial charge is 0.406 e. The number of rotatable bonds is 4. The lowest BCUT2D eigenvalue weighted by molar-refractivity contribution is -0.274. The summed E-state index contributed by atoms with van der Waals surface area (Å²) in [6.07, 6.45) is -10.2. The van der Waals surface area contributed by atoms with Gasteiger partial charge in [0, 0.05) is 32.2 Å². The molecule has 3 nitrogen and oxygen atoms in total. The van der Waals surface area contributed by atoms with Crippen LogP contribution in [0.3, 0.4) is 0 Å². The van der Waals surface area contributed by atoms with Crippen LogP contribution in [0.4, 0.5) is 26.3 Å². The third-order valence-corrected chi connectivity index (χ3v) is 3.52. The summed E-state index contributed by atoms with van der Waals surface area (Å²) in [6.45, 7) is 2.04. The molecule has 11 heteroatoms. The maximum atomic E-state index is 12.8. The summed E-state index contributed by atoms with van der Waals surface area (Å²) in [5.41, 5.74) is 0.318. The van der Waals surface area contributed by atoms with Crippen molar-refractivity contribution < 1.29 is 31.1 Å². The molecule has 1 aliphatic rings. The van der Waals surface area contributed by atoms with Gasteiger partial charge in [0.15, 0.2) is 0 Å². The van der Waals surface area contributed by atoms with E-state index < -0.39 is 30.8 Å². The average Bonchev–Trinajstić information content (AvgIpc) is 2.44. The number of piperazine rings is 1. The van der Waals surface area contributed by atoms with Gasteiger partial charge >= 0.3 is 12.5 Å². The fourth-order valence-corrected chi connectivity index (χ4v) is 2.56. The summed E-state index contributed by atoms with van der Waals surface area (Å²) < 4.78 is 78.6. The van der Waals surface area contributed by atoms with Crippen LogP contribution in [0.15, 0.2) is 24.3 Å². The van der Waals surface area contributed by atoms with Crippen LogP contribution < -0.4 is 10.1 Å². The van der Waals surface area contributed by atoms with Gasteiger partial charge in [-0.05, 0) is 17.7 Å². The number of hydrogen-bond acceptors (Lipinski definition) is 3. The summed E-state index contributed by atoms with van der Waals surface area (Å²) in [4.78, 5) is 1.68. The SMILES string of the molecule is Cl.Cl.FC(F)(F)C[C@H](c1ccc(OC(F)(F)F)cc1)N1CCNCC1. The fourth-order valence-electron chi connectivity index (χ4n) is 2.56. The van der Waals surface area contributed by atoms with Gasteiger partial charge in [-0.15, -0.1) is 38.0 Å². The Kier molecular flexibility index (Phi) is 9.35. The molecule has 0 amide bonds. The highest BCUT2D eigenvalue weighted by molar-refractivity contribution is 5.85. The molecule has 0 aromatic heterocycles. The van der Waals surface area contributed by atoms with Crippen LogP contribution in [0.25, 0.3) is 0 Å². The second-order valence-electron chi connectivity index (χ2n) is 5.24. The Balaban J connectivity index is 0.00000288. The van der Waals surface area contributed by atoms with Gasteiger partial charge in [0.2, 0.25) is 0 Å². The molecule has 1 atom stereocenters. The first-order valence-corrected chi connectivity index (χ1v) is 7.01. The van der Waals surface area contributed by atoms with E-state index in [-0.39, 0.29) is 24.8 Å². The van der Waals surface area contributed by atoms with E-state index in [1.165, 1.54) is 12.1 Å². The lowest BCUT2D eigenvalue weighted by Gasteiger charge is -2.35. The molecule has 1 aromatic rings. The monoisotopic (exact) mass is 414 g/mol. The molecule has 1 saturated heterocycles. The Hall–Kier alpha value is -0.900. The van der Waals surface area contributed by atoms with Gasteiger partial charge in [0.25, 0.3) is 0 Å². The lowest BCUT2D eigenvalue weighted by atomic mass is 10.0. The van der Waals surface area contributed by atoms with Gasteiger partial charge in [-0.3, -0.25) is 4.90 Å². The molecule has 1 aromatic carbocycles. The van der Waals surface area contributed by atoms with Crippen LogP contribution in [0, 0.1) is 0 Å². The summed E-state index contributed by atoms with van der Waals surface area (Å²) >= 11 is 0. The Morgan fingerprint density at radius 2 is 1.48 bits per heavy atom. The molecule has 1 aliphatic heterocycles. The van der Waals surface area contributed by atoms with Crippen LogP contribution in [-0.2, 0) is 0 Å². The first kappa shape index (κ1) is 24.1. The Morgan fingerprint density at radius 3 is 1.92 bits per heavy atom. The molecule has 2 rings (SSSR count). The van der Waals surface area contributed by atoms with Gasteiger partial charge in [-0.1, -0.05) is 12.1 Å². The third-order valence-electron chi connectivity index (χ3n) is 3.52. The molecule has 0 unspecified atom stereocenters. The number of benzene rings is 1. The van der Waals surface area contributed by atoms with Crippen molar-refractivity contribution in [1.29, 1.82) is 0 Å². The van der Waals surface area contributed by atoms with Crippen LogP contribution in [0.1, 0.15) is 18.0 Å². The molecule has 1 fully saturated rings. The highest BCUT2D eigenvalue weighted by Crippen LogP contribution is 2.35. The second kappa shape index (κ2) is 9.70. The van der Waals surface area contributed by atoms with E-state index in [9.17, 15) is 26.3 Å². The minimum atomic E-state index is -4.83. The number of nitrogens with one attached hydrogen (secondary N) is 1. The molecule has 0 radical (unpaired) electrons. The summed E-state index contributed by atoms with van der Waals surface area (Å²) in [7, 11) is 0. The van der Waals surface area contributed by atoms with E-state index >= 15 is 0 Å². The normalized spacial score (nSPS) is 17.2. The number of alkyl halides is 6. The van der Waals surface area contributed by atoms with Crippen molar-refractivity contribution in [2.24, 2.45) is 0 Å². The molecular formula is C14H18Cl2F6N2O. The summed E-state index contributed by atoms with van der Waals surface area (Å²) in [6, 6.07) is 3.65. The topological polar surface area (TPSA) is 24.5 Å². The minimum Gasteiger partial charge on any atom is -0.406 e. The Bertz CT molecular complexity index is 504. The average molecular weight is 415 g/mol. The van der Waals surface area contributed by atoms with Crippen molar-refractivity contribution in [1.82, 2.24) is 10.2 Å². The van der Waals surface area contributed by atoms with Crippen LogP contribution >= 0.6 is 24.8 Å². The maximum absolute atomic E-state index is 12.8. The number of nitrogens with zero attached hydrogens (tertiary/aromatic N) is 1. The maximum Gasteiger partial charge on any atom is 0.573 e. The zero-order valence-corrected chi connectivity index (χ0v) is 14.5. The fraction of sp³-hybridized carbons (Fsp3) is 0.571. The van der Waals surface area contributed by atoms with Gasteiger partial charge in [0.05, 0.1) is 6.42 Å². The minimum absolute atomic E-state index is 0. The van der Waals surface area contributed by atoms with Crippen molar-refractivity contribution in [2.45, 2.75) is 25.0 Å².